The Morgan fingerprint density at radius 1 is 1.50 bits per heavy atom. The Bertz CT molecular complexity index is 461. The van der Waals surface area contributed by atoms with Crippen LogP contribution in [0.25, 0.3) is 0 Å². The Morgan fingerprint density at radius 2 is 2.17 bits per heavy atom. The van der Waals surface area contributed by atoms with Gasteiger partial charge in [0.25, 0.3) is 5.91 Å². The van der Waals surface area contributed by atoms with Crippen LogP contribution in [0.5, 0.6) is 0 Å². The van der Waals surface area contributed by atoms with E-state index in [1.165, 1.54) is 7.11 Å². The summed E-state index contributed by atoms with van der Waals surface area (Å²) in [5, 5.41) is 11.4. The van der Waals surface area contributed by atoms with Gasteiger partial charge >= 0.3 is 5.97 Å². The van der Waals surface area contributed by atoms with E-state index in [2.05, 4.69) is 26.0 Å². The SMILES string of the molecule is COC(=O)C(CO)NC(=O)c1cccc(C)c1Br. The maximum absolute atomic E-state index is 11.9. The lowest BCUT2D eigenvalue weighted by atomic mass is 10.1. The van der Waals surface area contributed by atoms with Gasteiger partial charge in [-0.1, -0.05) is 12.1 Å². The lowest BCUT2D eigenvalue weighted by Gasteiger charge is -2.14. The number of nitrogens with one attached hydrogen (secondary N) is 1. The number of benzene rings is 1. The van der Waals surface area contributed by atoms with Crippen molar-refractivity contribution in [2.75, 3.05) is 13.7 Å². The number of aryl methyl sites for hydroxylation is 1. The fourth-order valence-corrected chi connectivity index (χ4v) is 1.82. The molecule has 0 aliphatic heterocycles. The molecule has 0 fully saturated rings. The summed E-state index contributed by atoms with van der Waals surface area (Å²) in [5.74, 6) is -1.13. The smallest absolute Gasteiger partial charge is 0.330 e. The Labute approximate surface area is 113 Å². The molecule has 0 spiro atoms. The van der Waals surface area contributed by atoms with E-state index in [4.69, 9.17) is 5.11 Å². The molecule has 0 heterocycles. The van der Waals surface area contributed by atoms with E-state index in [9.17, 15) is 9.59 Å². The molecule has 98 valence electrons. The molecular formula is C12H14BrNO4. The van der Waals surface area contributed by atoms with Crippen LogP contribution >= 0.6 is 15.9 Å². The number of aliphatic hydroxyl groups excluding tert-OH is 1. The van der Waals surface area contributed by atoms with Crippen molar-refractivity contribution in [1.29, 1.82) is 0 Å². The molecule has 1 amide bonds. The van der Waals surface area contributed by atoms with Crippen LogP contribution in [0.3, 0.4) is 0 Å². The molecule has 1 rings (SSSR count). The second-order valence-corrected chi connectivity index (χ2v) is 4.46. The molecule has 5 nitrogen and oxygen atoms in total. The minimum Gasteiger partial charge on any atom is -0.467 e. The van der Waals surface area contributed by atoms with E-state index in [1.54, 1.807) is 12.1 Å². The third-order valence-electron chi connectivity index (χ3n) is 2.41. The van der Waals surface area contributed by atoms with Gasteiger partial charge in [0.15, 0.2) is 6.04 Å². The molecular weight excluding hydrogens is 302 g/mol. The lowest BCUT2D eigenvalue weighted by molar-refractivity contribution is -0.143. The third kappa shape index (κ3) is 3.30. The van der Waals surface area contributed by atoms with E-state index in [1.807, 2.05) is 13.0 Å². The average molecular weight is 316 g/mol. The monoisotopic (exact) mass is 315 g/mol. The molecule has 0 aliphatic rings. The van der Waals surface area contributed by atoms with Crippen molar-refractivity contribution in [2.45, 2.75) is 13.0 Å². The van der Waals surface area contributed by atoms with Crippen molar-refractivity contribution >= 4 is 27.8 Å². The normalized spacial score (nSPS) is 11.8. The van der Waals surface area contributed by atoms with Gasteiger partial charge in [0, 0.05) is 4.47 Å². The van der Waals surface area contributed by atoms with Crippen molar-refractivity contribution < 1.29 is 19.4 Å². The molecule has 0 bridgehead atoms. The van der Waals surface area contributed by atoms with Crippen LogP contribution in [-0.2, 0) is 9.53 Å². The highest BCUT2D eigenvalue weighted by Crippen LogP contribution is 2.20. The van der Waals surface area contributed by atoms with E-state index in [-0.39, 0.29) is 0 Å². The number of esters is 1. The molecule has 0 saturated heterocycles. The van der Waals surface area contributed by atoms with Crippen LogP contribution < -0.4 is 5.32 Å². The first-order valence-electron chi connectivity index (χ1n) is 5.26. The number of carbonyl (C=O) groups is 2. The van der Waals surface area contributed by atoms with Gasteiger partial charge in [-0.05, 0) is 34.5 Å². The number of hydrogen-bond donors (Lipinski definition) is 2. The van der Waals surface area contributed by atoms with E-state index in [0.717, 1.165) is 5.56 Å². The highest BCUT2D eigenvalue weighted by Gasteiger charge is 2.22. The van der Waals surface area contributed by atoms with Gasteiger partial charge in [-0.2, -0.15) is 0 Å². The summed E-state index contributed by atoms with van der Waals surface area (Å²) in [6.45, 7) is 1.34. The fraction of sp³-hybridized carbons (Fsp3) is 0.333. The quantitative estimate of drug-likeness (QED) is 0.813. The van der Waals surface area contributed by atoms with Gasteiger partial charge in [0.2, 0.25) is 0 Å². The molecule has 18 heavy (non-hydrogen) atoms. The summed E-state index contributed by atoms with van der Waals surface area (Å²) in [7, 11) is 1.19. The number of halogens is 1. The predicted octanol–water partition coefficient (Wildman–Crippen LogP) is 1.02. The number of amides is 1. The standard InChI is InChI=1S/C12H14BrNO4/c1-7-4-3-5-8(10(7)13)11(16)14-9(6-15)12(17)18-2/h3-5,9,15H,6H2,1-2H3,(H,14,16). The summed E-state index contributed by atoms with van der Waals surface area (Å²) >= 11 is 3.31. The Balaban J connectivity index is 2.88. The van der Waals surface area contributed by atoms with Gasteiger partial charge in [0.05, 0.1) is 19.3 Å². The van der Waals surface area contributed by atoms with Gasteiger partial charge in [-0.25, -0.2) is 4.79 Å². The Hall–Kier alpha value is -1.40. The summed E-state index contributed by atoms with van der Waals surface area (Å²) < 4.78 is 5.13. The predicted molar refractivity (Wildman–Crippen MR) is 69.2 cm³/mol. The molecule has 2 N–H and O–H groups in total. The van der Waals surface area contributed by atoms with Gasteiger partial charge in [0.1, 0.15) is 0 Å². The molecule has 1 aromatic carbocycles. The van der Waals surface area contributed by atoms with Crippen LogP contribution in [0, 0.1) is 6.92 Å². The molecule has 0 aromatic heterocycles. The summed E-state index contributed by atoms with van der Waals surface area (Å²) in [6.07, 6.45) is 0. The molecule has 6 heteroatoms. The zero-order valence-corrected chi connectivity index (χ0v) is 11.7. The van der Waals surface area contributed by atoms with Gasteiger partial charge in [-0.3, -0.25) is 4.79 Å². The lowest BCUT2D eigenvalue weighted by Crippen LogP contribution is -2.44. The van der Waals surface area contributed by atoms with Crippen LogP contribution in [0.2, 0.25) is 0 Å². The molecule has 1 unspecified atom stereocenters. The zero-order valence-electron chi connectivity index (χ0n) is 10.1. The molecule has 1 aromatic rings. The summed E-state index contributed by atoms with van der Waals surface area (Å²) in [6, 6.07) is 4.15. The first-order valence-corrected chi connectivity index (χ1v) is 6.05. The van der Waals surface area contributed by atoms with Crippen molar-refractivity contribution in [3.63, 3.8) is 0 Å². The van der Waals surface area contributed by atoms with Crippen molar-refractivity contribution in [2.24, 2.45) is 0 Å². The zero-order chi connectivity index (χ0) is 13.7. The number of methoxy groups -OCH3 is 1. The molecule has 0 saturated carbocycles. The average Bonchev–Trinajstić information content (AvgIpc) is 2.37. The minimum absolute atomic E-state index is 0.400. The van der Waals surface area contributed by atoms with Crippen LogP contribution in [0.4, 0.5) is 0 Å². The van der Waals surface area contributed by atoms with E-state index >= 15 is 0 Å². The number of aliphatic hydroxyl groups is 1. The number of carbonyl (C=O) groups excluding carboxylic acids is 2. The second kappa shape index (κ2) is 6.51. The summed E-state index contributed by atoms with van der Waals surface area (Å²) in [4.78, 5) is 23.2. The molecule has 0 aliphatic carbocycles. The minimum atomic E-state index is -1.06. The Morgan fingerprint density at radius 3 is 2.72 bits per heavy atom. The highest BCUT2D eigenvalue weighted by molar-refractivity contribution is 9.10. The van der Waals surface area contributed by atoms with Crippen LogP contribution in [0.15, 0.2) is 22.7 Å². The first kappa shape index (κ1) is 14.7. The number of rotatable bonds is 4. The largest absolute Gasteiger partial charge is 0.467 e. The molecule has 1 atom stereocenters. The first-order chi connectivity index (χ1) is 8.51. The number of hydrogen-bond acceptors (Lipinski definition) is 4. The van der Waals surface area contributed by atoms with E-state index < -0.39 is 24.5 Å². The van der Waals surface area contributed by atoms with Crippen molar-refractivity contribution in [3.05, 3.63) is 33.8 Å². The number of ether oxygens (including phenoxy) is 1. The molecule has 0 radical (unpaired) electrons. The van der Waals surface area contributed by atoms with E-state index in [0.29, 0.717) is 10.0 Å². The van der Waals surface area contributed by atoms with Crippen LogP contribution in [0.1, 0.15) is 15.9 Å². The van der Waals surface area contributed by atoms with Crippen molar-refractivity contribution in [1.82, 2.24) is 5.32 Å². The van der Waals surface area contributed by atoms with Crippen molar-refractivity contribution in [3.8, 4) is 0 Å². The maximum atomic E-state index is 11.9. The van der Waals surface area contributed by atoms with Crippen LogP contribution in [-0.4, -0.2) is 36.7 Å². The second-order valence-electron chi connectivity index (χ2n) is 3.67. The third-order valence-corrected chi connectivity index (χ3v) is 3.46. The fourth-order valence-electron chi connectivity index (χ4n) is 1.38. The van der Waals surface area contributed by atoms with Gasteiger partial charge in [-0.15, -0.1) is 0 Å². The Kier molecular flexibility index (Phi) is 5.30. The highest BCUT2D eigenvalue weighted by atomic mass is 79.9. The van der Waals surface area contributed by atoms with Gasteiger partial charge < -0.3 is 15.2 Å². The maximum Gasteiger partial charge on any atom is 0.330 e. The topological polar surface area (TPSA) is 75.6 Å². The summed E-state index contributed by atoms with van der Waals surface area (Å²) in [5.41, 5.74) is 1.30.